The monoisotopic (exact) mass is 452 g/mol. The highest BCUT2D eigenvalue weighted by molar-refractivity contribution is 5.71. The van der Waals surface area contributed by atoms with E-state index in [4.69, 9.17) is 4.74 Å². The number of benzene rings is 1. The fourth-order valence-corrected chi connectivity index (χ4v) is 3.64. The SMILES string of the molecule is O=CCOC(=O)CCC/C=C\C[C@@H]1[C@@H](/C=C/C(F)(F)COc2ccccc2)[C@H](O)C[C@@H]1O. The van der Waals surface area contributed by atoms with Gasteiger partial charge in [-0.15, -0.1) is 0 Å². The van der Waals surface area contributed by atoms with Gasteiger partial charge in [0.15, 0.2) is 12.9 Å². The highest BCUT2D eigenvalue weighted by atomic mass is 19.3. The maximum absolute atomic E-state index is 14.2. The third-order valence-electron chi connectivity index (χ3n) is 5.29. The van der Waals surface area contributed by atoms with Crippen LogP contribution in [0.5, 0.6) is 5.75 Å². The van der Waals surface area contributed by atoms with Crippen LogP contribution in [0.4, 0.5) is 8.78 Å². The molecule has 1 aromatic carbocycles. The summed E-state index contributed by atoms with van der Waals surface area (Å²) in [5.41, 5.74) is 0. The maximum atomic E-state index is 14.2. The molecule has 1 aliphatic carbocycles. The van der Waals surface area contributed by atoms with E-state index in [9.17, 15) is 28.6 Å². The summed E-state index contributed by atoms with van der Waals surface area (Å²) in [6, 6.07) is 8.32. The van der Waals surface area contributed by atoms with E-state index in [1.807, 2.05) is 12.2 Å². The van der Waals surface area contributed by atoms with Crippen molar-refractivity contribution in [3.05, 3.63) is 54.6 Å². The first kappa shape index (κ1) is 25.7. The van der Waals surface area contributed by atoms with Crippen LogP contribution in [0, 0.1) is 11.8 Å². The molecule has 0 aromatic heterocycles. The molecule has 1 saturated carbocycles. The number of hydrogen-bond acceptors (Lipinski definition) is 6. The molecule has 0 bridgehead atoms. The van der Waals surface area contributed by atoms with Crippen LogP contribution in [0.15, 0.2) is 54.6 Å². The van der Waals surface area contributed by atoms with Crippen molar-refractivity contribution in [2.24, 2.45) is 11.8 Å². The first-order chi connectivity index (χ1) is 15.3. The molecule has 2 rings (SSSR count). The van der Waals surface area contributed by atoms with E-state index in [-0.39, 0.29) is 25.4 Å². The molecule has 0 heterocycles. The Morgan fingerprint density at radius 2 is 1.91 bits per heavy atom. The number of halogens is 2. The highest BCUT2D eigenvalue weighted by Gasteiger charge is 2.40. The number of carbonyl (C=O) groups is 2. The predicted molar refractivity (Wildman–Crippen MR) is 114 cm³/mol. The van der Waals surface area contributed by atoms with E-state index in [0.717, 1.165) is 6.08 Å². The molecule has 0 spiro atoms. The first-order valence-electron chi connectivity index (χ1n) is 10.7. The minimum atomic E-state index is -3.22. The zero-order chi connectivity index (χ0) is 23.4. The Bertz CT molecular complexity index is 765. The highest BCUT2D eigenvalue weighted by Crippen LogP contribution is 2.37. The van der Waals surface area contributed by atoms with Crippen LogP contribution >= 0.6 is 0 Å². The smallest absolute Gasteiger partial charge is 0.306 e. The summed E-state index contributed by atoms with van der Waals surface area (Å²) >= 11 is 0. The standard InChI is InChI=1S/C24H30F2O6/c25-24(26,17-32-18-8-4-3-5-9-18)13-12-20-19(21(28)16-22(20)29)10-6-1-2-7-11-23(30)31-15-14-27/h1,3-6,8-9,12-14,19-22,28-29H,2,7,10-11,15-17H2/b6-1-,13-12+/t19-,20-,21+,22-/m1/s1. The fraction of sp³-hybridized carbons (Fsp3) is 0.500. The summed E-state index contributed by atoms with van der Waals surface area (Å²) in [4.78, 5) is 21.4. The lowest BCUT2D eigenvalue weighted by atomic mass is 9.89. The lowest BCUT2D eigenvalue weighted by molar-refractivity contribution is -0.145. The number of aldehydes is 1. The van der Waals surface area contributed by atoms with Crippen molar-refractivity contribution >= 4 is 12.3 Å². The number of alkyl halides is 2. The number of allylic oxidation sites excluding steroid dienone is 2. The number of para-hydroxylation sites is 1. The zero-order valence-electron chi connectivity index (χ0n) is 17.8. The Morgan fingerprint density at radius 1 is 1.16 bits per heavy atom. The molecule has 8 heteroatoms. The van der Waals surface area contributed by atoms with Crippen LogP contribution in [-0.4, -0.2) is 53.8 Å². The van der Waals surface area contributed by atoms with Gasteiger partial charge in [-0.2, -0.15) is 8.78 Å². The molecular formula is C24H30F2O6. The molecule has 0 saturated heterocycles. The molecule has 0 aliphatic heterocycles. The zero-order valence-corrected chi connectivity index (χ0v) is 17.8. The average Bonchev–Trinajstić information content (AvgIpc) is 3.04. The number of hydrogen-bond donors (Lipinski definition) is 2. The molecule has 1 aliphatic rings. The second-order valence-electron chi connectivity index (χ2n) is 7.78. The summed E-state index contributed by atoms with van der Waals surface area (Å²) in [5.74, 6) is -4.31. The lowest BCUT2D eigenvalue weighted by Gasteiger charge is -2.20. The fourth-order valence-electron chi connectivity index (χ4n) is 3.64. The molecule has 1 aromatic rings. The predicted octanol–water partition coefficient (Wildman–Crippen LogP) is 3.47. The van der Waals surface area contributed by atoms with Crippen LogP contribution in [0.1, 0.15) is 32.1 Å². The second-order valence-corrected chi connectivity index (χ2v) is 7.78. The van der Waals surface area contributed by atoms with Crippen molar-refractivity contribution in [3.8, 4) is 5.75 Å². The van der Waals surface area contributed by atoms with Gasteiger partial charge in [-0.1, -0.05) is 36.4 Å². The minimum Gasteiger partial charge on any atom is -0.487 e. The Balaban J connectivity index is 1.82. The third-order valence-corrected chi connectivity index (χ3v) is 5.29. The van der Waals surface area contributed by atoms with Crippen molar-refractivity contribution < 1.29 is 38.1 Å². The van der Waals surface area contributed by atoms with Gasteiger partial charge >= 0.3 is 5.97 Å². The number of aliphatic hydroxyl groups is 2. The van der Waals surface area contributed by atoms with Crippen molar-refractivity contribution in [3.63, 3.8) is 0 Å². The molecule has 0 unspecified atom stereocenters. The molecule has 6 nitrogen and oxygen atoms in total. The van der Waals surface area contributed by atoms with Gasteiger partial charge in [0.05, 0.1) is 12.2 Å². The summed E-state index contributed by atoms with van der Waals surface area (Å²) in [7, 11) is 0. The van der Waals surface area contributed by atoms with Crippen molar-refractivity contribution in [1.29, 1.82) is 0 Å². The van der Waals surface area contributed by atoms with Gasteiger partial charge in [0.1, 0.15) is 12.4 Å². The van der Waals surface area contributed by atoms with Gasteiger partial charge in [0.2, 0.25) is 0 Å². The molecule has 2 N–H and O–H groups in total. The van der Waals surface area contributed by atoms with E-state index in [1.165, 1.54) is 6.08 Å². The minimum absolute atomic E-state index is 0.127. The maximum Gasteiger partial charge on any atom is 0.306 e. The topological polar surface area (TPSA) is 93.1 Å². The second kappa shape index (κ2) is 13.1. The number of ether oxygens (including phenoxy) is 2. The average molecular weight is 452 g/mol. The van der Waals surface area contributed by atoms with Crippen LogP contribution in [0.3, 0.4) is 0 Å². The summed E-state index contributed by atoms with van der Waals surface area (Å²) < 4.78 is 38.2. The van der Waals surface area contributed by atoms with Crippen LogP contribution in [0.2, 0.25) is 0 Å². The number of esters is 1. The third kappa shape index (κ3) is 8.88. The van der Waals surface area contributed by atoms with Gasteiger partial charge in [0.25, 0.3) is 5.92 Å². The van der Waals surface area contributed by atoms with Gasteiger partial charge in [0, 0.05) is 18.8 Å². The number of aliphatic hydroxyl groups excluding tert-OH is 2. The molecular weight excluding hydrogens is 422 g/mol. The van der Waals surface area contributed by atoms with Crippen molar-refractivity contribution in [2.75, 3.05) is 13.2 Å². The molecule has 0 amide bonds. The molecule has 0 radical (unpaired) electrons. The van der Waals surface area contributed by atoms with Crippen molar-refractivity contribution in [1.82, 2.24) is 0 Å². The summed E-state index contributed by atoms with van der Waals surface area (Å²) in [6.07, 6.45) is 6.35. The molecule has 4 atom stereocenters. The molecule has 32 heavy (non-hydrogen) atoms. The van der Waals surface area contributed by atoms with Gasteiger partial charge in [-0.3, -0.25) is 9.59 Å². The summed E-state index contributed by atoms with van der Waals surface area (Å²) in [6.45, 7) is -1.07. The van der Waals surface area contributed by atoms with Gasteiger partial charge in [-0.25, -0.2) is 0 Å². The quantitative estimate of drug-likeness (QED) is 0.206. The lowest BCUT2D eigenvalue weighted by Crippen LogP contribution is -2.25. The van der Waals surface area contributed by atoms with E-state index in [1.54, 1.807) is 30.3 Å². The molecule has 1 fully saturated rings. The largest absolute Gasteiger partial charge is 0.487 e. The van der Waals surface area contributed by atoms with Gasteiger partial charge < -0.3 is 19.7 Å². The van der Waals surface area contributed by atoms with Crippen molar-refractivity contribution in [2.45, 2.75) is 50.2 Å². The van der Waals surface area contributed by atoms with Crippen LogP contribution in [-0.2, 0) is 14.3 Å². The molecule has 176 valence electrons. The Labute approximate surface area is 186 Å². The number of carbonyl (C=O) groups excluding carboxylic acids is 2. The van der Waals surface area contributed by atoms with Crippen LogP contribution < -0.4 is 4.74 Å². The summed E-state index contributed by atoms with van der Waals surface area (Å²) in [5, 5.41) is 20.5. The Hall–Kier alpha value is -2.58. The van der Waals surface area contributed by atoms with Crippen LogP contribution in [0.25, 0.3) is 0 Å². The van der Waals surface area contributed by atoms with E-state index >= 15 is 0 Å². The number of unbranched alkanes of at least 4 members (excludes halogenated alkanes) is 1. The van der Waals surface area contributed by atoms with E-state index in [2.05, 4.69) is 4.74 Å². The first-order valence-corrected chi connectivity index (χ1v) is 10.7. The van der Waals surface area contributed by atoms with E-state index < -0.39 is 36.6 Å². The number of rotatable bonds is 13. The normalized spacial score (nSPS) is 23.6. The van der Waals surface area contributed by atoms with Gasteiger partial charge in [-0.05, 0) is 43.4 Å². The Morgan fingerprint density at radius 3 is 2.62 bits per heavy atom. The Kier molecular flexibility index (Phi) is 10.5. The van der Waals surface area contributed by atoms with E-state index in [0.29, 0.717) is 31.3 Å².